The predicted octanol–water partition coefficient (Wildman–Crippen LogP) is 9.48. The van der Waals surface area contributed by atoms with Crippen LogP contribution in [0.2, 0.25) is 0 Å². The summed E-state index contributed by atoms with van der Waals surface area (Å²) in [4.78, 5) is 42.6. The highest BCUT2D eigenvalue weighted by molar-refractivity contribution is 5.91. The van der Waals surface area contributed by atoms with E-state index in [9.17, 15) is 19.5 Å². The normalized spacial score (nSPS) is 40.9. The third-order valence-corrected chi connectivity index (χ3v) is 16.1. The lowest BCUT2D eigenvalue weighted by Gasteiger charge is -2.73. The molecule has 1 amide bonds. The molecule has 5 saturated carbocycles. The third-order valence-electron chi connectivity index (χ3n) is 16.1. The minimum Gasteiger partial charge on any atom is -0.481 e. The predicted molar refractivity (Wildman–Crippen MR) is 192 cm³/mol. The third kappa shape index (κ3) is 5.68. The molecular formula is C42H62N2O5. The monoisotopic (exact) mass is 674 g/mol. The summed E-state index contributed by atoms with van der Waals surface area (Å²) >= 11 is 0. The van der Waals surface area contributed by atoms with E-state index in [0.717, 1.165) is 50.6 Å². The zero-order chi connectivity index (χ0) is 35.8. The number of nitrogens with zero attached hydrogens (tertiary/aromatic N) is 1. The van der Waals surface area contributed by atoms with Gasteiger partial charge in [0.1, 0.15) is 6.10 Å². The highest BCUT2D eigenvalue weighted by Crippen LogP contribution is 2.78. The quantitative estimate of drug-likeness (QED) is 0.210. The number of allylic oxidation sites excluding steroid dienone is 1. The molecule has 0 aromatic carbocycles. The number of fused-ring (bicyclic) bond motifs is 7. The summed E-state index contributed by atoms with van der Waals surface area (Å²) in [6.45, 7) is 22.3. The molecule has 2 N–H and O–H groups in total. The Morgan fingerprint density at radius 1 is 0.959 bits per heavy atom. The van der Waals surface area contributed by atoms with Crippen LogP contribution in [0, 0.1) is 62.1 Å². The maximum atomic E-state index is 13.7. The fourth-order valence-corrected chi connectivity index (χ4v) is 13.4. The van der Waals surface area contributed by atoms with Gasteiger partial charge in [-0.1, -0.05) is 46.8 Å². The van der Waals surface area contributed by atoms with E-state index in [-0.39, 0.29) is 45.5 Å². The Hall–Kier alpha value is -2.70. The van der Waals surface area contributed by atoms with Gasteiger partial charge >= 0.3 is 11.9 Å². The van der Waals surface area contributed by atoms with E-state index >= 15 is 0 Å². The van der Waals surface area contributed by atoms with Gasteiger partial charge < -0.3 is 15.2 Å². The van der Waals surface area contributed by atoms with E-state index < -0.39 is 17.4 Å². The Balaban J connectivity index is 1.25. The number of esters is 1. The van der Waals surface area contributed by atoms with E-state index in [1.54, 1.807) is 26.2 Å². The molecule has 0 bridgehead atoms. The van der Waals surface area contributed by atoms with Gasteiger partial charge in [-0.15, -0.1) is 0 Å². The molecular weight excluding hydrogens is 612 g/mol. The first-order valence-corrected chi connectivity index (χ1v) is 19.1. The molecule has 10 atom stereocenters. The van der Waals surface area contributed by atoms with Crippen LogP contribution in [-0.2, 0) is 19.1 Å². The molecule has 1 heterocycles. The van der Waals surface area contributed by atoms with Crippen molar-refractivity contribution < 1.29 is 24.2 Å². The number of aliphatic carboxylic acids is 1. The lowest BCUT2D eigenvalue weighted by atomic mass is 9.32. The number of rotatable bonds is 8. The van der Waals surface area contributed by atoms with Gasteiger partial charge in [0.25, 0.3) is 0 Å². The average molecular weight is 675 g/mol. The first kappa shape index (κ1) is 36.1. The maximum absolute atomic E-state index is 13.7. The average Bonchev–Trinajstić information content (AvgIpc) is 3.38. The van der Waals surface area contributed by atoms with Gasteiger partial charge in [0, 0.05) is 18.0 Å². The number of carboxylic acids is 1. The number of pyridine rings is 1. The van der Waals surface area contributed by atoms with Crippen LogP contribution in [0.25, 0.3) is 0 Å². The number of hydrogen-bond acceptors (Lipinski definition) is 5. The van der Waals surface area contributed by atoms with Crippen LogP contribution in [0.4, 0.5) is 5.69 Å². The highest BCUT2D eigenvalue weighted by Gasteiger charge is 2.71. The summed E-state index contributed by atoms with van der Waals surface area (Å²) in [5.74, 6) is 1.22. The SMILES string of the molecule is C=C(C)[C@@H]1CC[C@]2(CC(=O)Nc3cccnc3)CC[C@]3(C)[C@H](CC[C@@H]4[C@@]5(C)CC[C@H](OC(=O)CC(C)(C)C(=O)O)C(C)(C)[C@@H]5CC[C@]43C)[C@@H]12. The fraction of sp³-hybridized carbons (Fsp3) is 0.762. The van der Waals surface area contributed by atoms with Crippen molar-refractivity contribution in [1.29, 1.82) is 0 Å². The molecule has 6 rings (SSSR count). The number of carbonyl (C=O) groups excluding carboxylic acids is 2. The largest absolute Gasteiger partial charge is 0.481 e. The summed E-state index contributed by atoms with van der Waals surface area (Å²) in [5, 5.41) is 12.8. The summed E-state index contributed by atoms with van der Waals surface area (Å²) < 4.78 is 6.17. The van der Waals surface area contributed by atoms with Crippen molar-refractivity contribution in [2.75, 3.05) is 5.32 Å². The molecule has 1 aromatic rings. The van der Waals surface area contributed by atoms with Crippen molar-refractivity contribution in [3.63, 3.8) is 0 Å². The number of nitrogens with one attached hydrogen (secondary N) is 1. The van der Waals surface area contributed by atoms with Crippen molar-refractivity contribution in [1.82, 2.24) is 4.98 Å². The van der Waals surface area contributed by atoms with Crippen molar-refractivity contribution in [3.05, 3.63) is 36.7 Å². The molecule has 5 aliphatic rings. The maximum Gasteiger partial charge on any atom is 0.309 e. The second-order valence-corrected chi connectivity index (χ2v) is 19.2. The van der Waals surface area contributed by atoms with Crippen LogP contribution in [0.3, 0.4) is 0 Å². The molecule has 1 aromatic heterocycles. The number of hydrogen-bond donors (Lipinski definition) is 2. The molecule has 270 valence electrons. The minimum absolute atomic E-state index is 0.00349. The number of ether oxygens (including phenoxy) is 1. The topological polar surface area (TPSA) is 106 Å². The van der Waals surface area contributed by atoms with Gasteiger partial charge in [0.05, 0.1) is 23.7 Å². The number of carboxylic acid groups (broad SMARTS) is 1. The van der Waals surface area contributed by atoms with Crippen molar-refractivity contribution in [2.45, 2.75) is 139 Å². The Labute approximate surface area is 294 Å². The van der Waals surface area contributed by atoms with E-state index in [2.05, 4.69) is 58.4 Å². The summed E-state index contributed by atoms with van der Waals surface area (Å²) in [6.07, 6.45) is 14.7. The van der Waals surface area contributed by atoms with E-state index in [1.807, 2.05) is 12.1 Å². The summed E-state index contributed by atoms with van der Waals surface area (Å²) in [5.41, 5.74) is 1.20. The number of anilines is 1. The molecule has 49 heavy (non-hydrogen) atoms. The Morgan fingerprint density at radius 2 is 1.69 bits per heavy atom. The molecule has 5 aliphatic carbocycles. The van der Waals surface area contributed by atoms with Gasteiger partial charge in [0.15, 0.2) is 0 Å². The second-order valence-electron chi connectivity index (χ2n) is 19.2. The van der Waals surface area contributed by atoms with Gasteiger partial charge in [-0.05, 0) is 148 Å². The van der Waals surface area contributed by atoms with Gasteiger partial charge in [-0.3, -0.25) is 19.4 Å². The molecule has 0 saturated heterocycles. The van der Waals surface area contributed by atoms with Crippen LogP contribution in [0.15, 0.2) is 36.7 Å². The lowest BCUT2D eigenvalue weighted by Crippen LogP contribution is -2.66. The molecule has 0 aliphatic heterocycles. The van der Waals surface area contributed by atoms with Crippen molar-refractivity contribution in [3.8, 4) is 0 Å². The highest BCUT2D eigenvalue weighted by atomic mass is 16.5. The van der Waals surface area contributed by atoms with Gasteiger partial charge in [0.2, 0.25) is 5.91 Å². The van der Waals surface area contributed by atoms with E-state index in [0.29, 0.717) is 36.0 Å². The molecule has 7 heteroatoms. The van der Waals surface area contributed by atoms with Crippen LogP contribution < -0.4 is 5.32 Å². The number of carbonyl (C=O) groups is 3. The number of amides is 1. The van der Waals surface area contributed by atoms with E-state index in [1.165, 1.54) is 24.8 Å². The first-order valence-electron chi connectivity index (χ1n) is 19.1. The first-order chi connectivity index (χ1) is 22.8. The fourth-order valence-electron chi connectivity index (χ4n) is 13.4. The Bertz CT molecular complexity index is 1490. The minimum atomic E-state index is -1.14. The van der Waals surface area contributed by atoms with Crippen molar-refractivity contribution in [2.24, 2.45) is 62.1 Å². The standard InChI is InChI=1S/C42H62N2O5/c1-26(2)28-14-19-42(23-33(45)44-27-11-10-22-43-25-27)21-20-40(8)29(35(28)42)12-13-31-39(7)17-16-32(49-34(46)24-37(3,4)36(47)48)38(5,6)30(39)15-18-41(31,40)9/h10-11,22,25,28-32,35H,1,12-21,23-24H2,2-9H3,(H,44,45)(H,47,48)/t28-,29+,30-,31+,32-,35+,39-,40+,41+,42+/m0/s1. The molecule has 0 radical (unpaired) electrons. The number of aromatic nitrogens is 1. The van der Waals surface area contributed by atoms with Crippen LogP contribution >= 0.6 is 0 Å². The smallest absolute Gasteiger partial charge is 0.309 e. The van der Waals surface area contributed by atoms with Crippen LogP contribution in [-0.4, -0.2) is 34.0 Å². The Kier molecular flexibility index (Phi) is 9.00. The Morgan fingerprint density at radius 3 is 2.35 bits per heavy atom. The van der Waals surface area contributed by atoms with Crippen LogP contribution in [0.1, 0.15) is 132 Å². The molecule has 0 spiro atoms. The van der Waals surface area contributed by atoms with Gasteiger partial charge in [-0.25, -0.2) is 0 Å². The molecule has 0 unspecified atom stereocenters. The molecule has 5 fully saturated rings. The zero-order valence-electron chi connectivity index (χ0n) is 31.5. The van der Waals surface area contributed by atoms with Gasteiger partial charge in [-0.2, -0.15) is 0 Å². The summed E-state index contributed by atoms with van der Waals surface area (Å²) in [6, 6.07) is 3.79. The van der Waals surface area contributed by atoms with E-state index in [4.69, 9.17) is 4.74 Å². The van der Waals surface area contributed by atoms with Crippen molar-refractivity contribution >= 4 is 23.5 Å². The van der Waals surface area contributed by atoms with Crippen LogP contribution in [0.5, 0.6) is 0 Å². The molecule has 7 nitrogen and oxygen atoms in total. The zero-order valence-corrected chi connectivity index (χ0v) is 31.5. The second kappa shape index (κ2) is 12.2. The lowest BCUT2D eigenvalue weighted by molar-refractivity contribution is -0.250. The summed E-state index contributed by atoms with van der Waals surface area (Å²) in [7, 11) is 0.